The highest BCUT2D eigenvalue weighted by Crippen LogP contribution is 2.50. The summed E-state index contributed by atoms with van der Waals surface area (Å²) in [7, 11) is 0. The van der Waals surface area contributed by atoms with Gasteiger partial charge >= 0.3 is 0 Å². The summed E-state index contributed by atoms with van der Waals surface area (Å²) >= 11 is 0. The summed E-state index contributed by atoms with van der Waals surface area (Å²) in [6, 6.07) is 75.6. The molecule has 10 aromatic carbocycles. The molecule has 2 heterocycles. The molecule has 0 aliphatic carbocycles. The van der Waals surface area contributed by atoms with Crippen molar-refractivity contribution in [1.29, 1.82) is 0 Å². The Morgan fingerprint density at radius 1 is 0.305 bits per heavy atom. The maximum Gasteiger partial charge on any atom is 0.160 e. The molecule has 0 saturated heterocycles. The molecule has 0 unspecified atom stereocenters. The Morgan fingerprint density at radius 3 is 1.49 bits per heavy atom. The first-order valence-electron chi connectivity index (χ1n) is 20.1. The third-order valence-electron chi connectivity index (χ3n) is 11.9. The van der Waals surface area contributed by atoms with E-state index in [0.29, 0.717) is 0 Å². The predicted molar refractivity (Wildman–Crippen MR) is 247 cm³/mol. The number of hydrogen-bond donors (Lipinski definition) is 0. The molecule has 0 radical (unpaired) electrons. The van der Waals surface area contributed by atoms with Gasteiger partial charge in [-0.05, 0) is 110 Å². The van der Waals surface area contributed by atoms with Crippen molar-refractivity contribution in [2.24, 2.45) is 0 Å². The van der Waals surface area contributed by atoms with Crippen molar-refractivity contribution in [3.63, 3.8) is 0 Å². The highest BCUT2D eigenvalue weighted by Gasteiger charge is 2.26. The zero-order valence-corrected chi connectivity index (χ0v) is 32.0. The number of furan rings is 2. The van der Waals surface area contributed by atoms with Crippen LogP contribution in [0.15, 0.2) is 221 Å². The fourth-order valence-electron chi connectivity index (χ4n) is 9.14. The van der Waals surface area contributed by atoms with E-state index in [1.807, 2.05) is 18.2 Å². The van der Waals surface area contributed by atoms with Crippen molar-refractivity contribution < 1.29 is 8.83 Å². The molecule has 0 N–H and O–H groups in total. The Bertz CT molecular complexity index is 3440. The van der Waals surface area contributed by atoms with Crippen LogP contribution in [-0.2, 0) is 0 Å². The third kappa shape index (κ3) is 5.36. The van der Waals surface area contributed by atoms with E-state index in [4.69, 9.17) is 8.83 Å². The summed E-state index contributed by atoms with van der Waals surface area (Å²) < 4.78 is 13.7. The van der Waals surface area contributed by atoms with Crippen LogP contribution in [0, 0.1) is 0 Å². The first kappa shape index (κ1) is 33.3. The molecule has 12 aromatic rings. The molecule has 0 amide bonds. The Balaban J connectivity index is 1.17. The van der Waals surface area contributed by atoms with Crippen LogP contribution in [0.3, 0.4) is 0 Å². The lowest BCUT2D eigenvalue weighted by molar-refractivity contribution is 0.663. The zero-order chi connectivity index (χ0) is 38.9. The third-order valence-corrected chi connectivity index (χ3v) is 11.9. The zero-order valence-electron chi connectivity index (χ0n) is 32.0. The van der Waals surface area contributed by atoms with Crippen LogP contribution in [0.1, 0.15) is 0 Å². The molecular weight excluding hydrogens is 719 g/mol. The topological polar surface area (TPSA) is 29.5 Å². The van der Waals surface area contributed by atoms with Gasteiger partial charge in [0.1, 0.15) is 16.7 Å². The minimum Gasteiger partial charge on any atom is -0.456 e. The maximum atomic E-state index is 7.20. The second kappa shape index (κ2) is 13.4. The lowest BCUT2D eigenvalue weighted by Crippen LogP contribution is -2.10. The van der Waals surface area contributed by atoms with Crippen LogP contribution >= 0.6 is 0 Å². The summed E-state index contributed by atoms with van der Waals surface area (Å²) in [5.74, 6) is 0. The van der Waals surface area contributed by atoms with Crippen molar-refractivity contribution in [3.8, 4) is 33.4 Å². The lowest BCUT2D eigenvalue weighted by Gasteiger charge is -2.26. The number of benzene rings is 10. The normalized spacial score (nSPS) is 11.7. The number of anilines is 3. The summed E-state index contributed by atoms with van der Waals surface area (Å²) in [5.41, 5.74) is 13.3. The van der Waals surface area contributed by atoms with E-state index in [1.54, 1.807) is 0 Å². The molecule has 2 aromatic heterocycles. The monoisotopic (exact) mass is 753 g/mol. The molecule has 0 aliphatic heterocycles. The van der Waals surface area contributed by atoms with E-state index in [-0.39, 0.29) is 0 Å². The molecule has 3 heteroatoms. The highest BCUT2D eigenvalue weighted by atomic mass is 16.3. The predicted octanol–water partition coefficient (Wildman–Crippen LogP) is 16.3. The van der Waals surface area contributed by atoms with Gasteiger partial charge in [-0.2, -0.15) is 0 Å². The molecule has 0 atom stereocenters. The fourth-order valence-corrected chi connectivity index (χ4v) is 9.14. The van der Waals surface area contributed by atoms with Gasteiger partial charge in [-0.15, -0.1) is 0 Å². The molecule has 3 nitrogen and oxygen atoms in total. The van der Waals surface area contributed by atoms with Crippen LogP contribution < -0.4 is 4.90 Å². The van der Waals surface area contributed by atoms with E-state index in [1.165, 1.54) is 32.7 Å². The average Bonchev–Trinajstić information content (AvgIpc) is 3.89. The van der Waals surface area contributed by atoms with Gasteiger partial charge in [-0.25, -0.2) is 0 Å². The molecule has 0 aliphatic rings. The first-order valence-corrected chi connectivity index (χ1v) is 20.1. The Hall–Kier alpha value is -7.88. The maximum absolute atomic E-state index is 7.20. The largest absolute Gasteiger partial charge is 0.456 e. The summed E-state index contributed by atoms with van der Waals surface area (Å²) in [4.78, 5) is 2.33. The number of fused-ring (bicyclic) bond motifs is 10. The SMILES string of the molecule is c1ccc(-c2ccc(N(c3ccc(-c4ccccc4)cc3)c3ccc(-c4cc5ccccc5c5ccccc45)c4c3oc3ccc5oc6ccccc6c5c34)cc2)cc1. The molecule has 0 saturated carbocycles. The van der Waals surface area contributed by atoms with E-state index < -0.39 is 0 Å². The Labute approximate surface area is 340 Å². The van der Waals surface area contributed by atoms with Gasteiger partial charge in [-0.3, -0.25) is 0 Å². The van der Waals surface area contributed by atoms with Crippen molar-refractivity contribution in [1.82, 2.24) is 0 Å². The molecule has 276 valence electrons. The molecule has 59 heavy (non-hydrogen) atoms. The Kier molecular flexibility index (Phi) is 7.54. The van der Waals surface area contributed by atoms with E-state index in [9.17, 15) is 0 Å². The second-order valence-electron chi connectivity index (χ2n) is 15.2. The minimum atomic E-state index is 0.812. The number of rotatable bonds is 6. The van der Waals surface area contributed by atoms with Gasteiger partial charge in [0.2, 0.25) is 0 Å². The number of hydrogen-bond acceptors (Lipinski definition) is 3. The quantitative estimate of drug-likeness (QED) is 0.158. The molecule has 0 fully saturated rings. The van der Waals surface area contributed by atoms with Gasteiger partial charge in [0, 0.05) is 32.9 Å². The van der Waals surface area contributed by atoms with Crippen LogP contribution in [0.25, 0.3) is 98.8 Å². The fraction of sp³-hybridized carbons (Fsp3) is 0. The van der Waals surface area contributed by atoms with E-state index in [0.717, 1.165) is 83.2 Å². The van der Waals surface area contributed by atoms with E-state index in [2.05, 4.69) is 199 Å². The molecule has 0 spiro atoms. The standard InChI is InChI=1S/C56H35NO2/c1-3-13-36(14-4-1)38-23-27-41(28-24-38)57(42-29-25-39(26-30-42)37-15-5-2-6-16-37)49-32-31-46(48-35-40-17-7-8-18-43(40)44-19-9-10-20-45(44)48)54-55-52(59-56(49)54)34-33-51-53(55)47-21-11-12-22-50(47)58-51/h1-35H. The molecule has 0 bridgehead atoms. The first-order chi connectivity index (χ1) is 29.3. The molecule has 12 rings (SSSR count). The van der Waals surface area contributed by atoms with Gasteiger partial charge in [0.25, 0.3) is 0 Å². The van der Waals surface area contributed by atoms with Crippen molar-refractivity contribution >= 4 is 82.5 Å². The average molecular weight is 754 g/mol. The van der Waals surface area contributed by atoms with Gasteiger partial charge in [0.15, 0.2) is 5.58 Å². The van der Waals surface area contributed by atoms with Crippen LogP contribution in [0.5, 0.6) is 0 Å². The van der Waals surface area contributed by atoms with Crippen molar-refractivity contribution in [2.45, 2.75) is 0 Å². The summed E-state index contributed by atoms with van der Waals surface area (Å²) in [5, 5.41) is 9.10. The smallest absolute Gasteiger partial charge is 0.160 e. The second-order valence-corrected chi connectivity index (χ2v) is 15.2. The van der Waals surface area contributed by atoms with Crippen molar-refractivity contribution in [3.05, 3.63) is 212 Å². The summed E-state index contributed by atoms with van der Waals surface area (Å²) in [6.07, 6.45) is 0. The highest BCUT2D eigenvalue weighted by molar-refractivity contribution is 6.31. The van der Waals surface area contributed by atoms with Crippen LogP contribution in [-0.4, -0.2) is 0 Å². The van der Waals surface area contributed by atoms with E-state index >= 15 is 0 Å². The number of para-hydroxylation sites is 1. The van der Waals surface area contributed by atoms with Gasteiger partial charge < -0.3 is 13.7 Å². The summed E-state index contributed by atoms with van der Waals surface area (Å²) in [6.45, 7) is 0. The number of nitrogens with zero attached hydrogens (tertiary/aromatic N) is 1. The van der Waals surface area contributed by atoms with Crippen LogP contribution in [0.4, 0.5) is 17.1 Å². The molecular formula is C56H35NO2. The van der Waals surface area contributed by atoms with Gasteiger partial charge in [-0.1, -0.05) is 158 Å². The van der Waals surface area contributed by atoms with Crippen LogP contribution in [0.2, 0.25) is 0 Å². The minimum absolute atomic E-state index is 0.812. The van der Waals surface area contributed by atoms with Crippen molar-refractivity contribution in [2.75, 3.05) is 4.90 Å². The van der Waals surface area contributed by atoms with Gasteiger partial charge in [0.05, 0.1) is 5.69 Å². The Morgan fingerprint density at radius 2 is 0.831 bits per heavy atom. The lowest BCUT2D eigenvalue weighted by atomic mass is 9.90.